The lowest BCUT2D eigenvalue weighted by atomic mass is 10.1. The first-order valence-electron chi connectivity index (χ1n) is 6.30. The topological polar surface area (TPSA) is 90.1 Å². The normalized spacial score (nSPS) is 10.3. The molecule has 2 rings (SSSR count). The highest BCUT2D eigenvalue weighted by Gasteiger charge is 2.13. The van der Waals surface area contributed by atoms with Crippen molar-refractivity contribution in [2.45, 2.75) is 13.1 Å². The van der Waals surface area contributed by atoms with Crippen molar-refractivity contribution in [3.8, 4) is 6.07 Å². The molecule has 0 unspecified atom stereocenters. The van der Waals surface area contributed by atoms with E-state index in [2.05, 4.69) is 16.0 Å². The van der Waals surface area contributed by atoms with Crippen molar-refractivity contribution in [1.82, 2.24) is 14.9 Å². The third kappa shape index (κ3) is 3.84. The van der Waals surface area contributed by atoms with Crippen LogP contribution in [0.4, 0.5) is 0 Å². The molecule has 0 bridgehead atoms. The van der Waals surface area contributed by atoms with Crippen LogP contribution < -0.4 is 0 Å². The van der Waals surface area contributed by atoms with E-state index in [1.54, 1.807) is 6.07 Å². The van der Waals surface area contributed by atoms with Crippen LogP contribution in [0.3, 0.4) is 0 Å². The van der Waals surface area contributed by atoms with Crippen molar-refractivity contribution in [1.29, 1.82) is 5.26 Å². The summed E-state index contributed by atoms with van der Waals surface area (Å²) >= 11 is 0. The highest BCUT2D eigenvalue weighted by molar-refractivity contribution is 5.88. The molecule has 1 aromatic heterocycles. The highest BCUT2D eigenvalue weighted by Crippen LogP contribution is 2.11. The number of nitrogens with zero attached hydrogens (tertiary/aromatic N) is 4. The van der Waals surface area contributed by atoms with Crippen molar-refractivity contribution < 1.29 is 9.90 Å². The number of carboxylic acids is 1. The van der Waals surface area contributed by atoms with Crippen LogP contribution in [0.2, 0.25) is 0 Å². The van der Waals surface area contributed by atoms with Gasteiger partial charge in [0.15, 0.2) is 0 Å². The molecule has 0 saturated carbocycles. The Morgan fingerprint density at radius 2 is 2.24 bits per heavy atom. The van der Waals surface area contributed by atoms with Crippen molar-refractivity contribution in [2.75, 3.05) is 7.05 Å². The summed E-state index contributed by atoms with van der Waals surface area (Å²) in [6, 6.07) is 9.41. The Labute approximate surface area is 122 Å². The fourth-order valence-corrected chi connectivity index (χ4v) is 2.02. The molecular formula is C15H14N4O2. The number of hydrogen-bond acceptors (Lipinski definition) is 5. The van der Waals surface area contributed by atoms with Crippen molar-refractivity contribution >= 4 is 5.97 Å². The maximum absolute atomic E-state index is 11.1. The lowest BCUT2D eigenvalue weighted by Gasteiger charge is -2.17. The fraction of sp³-hybridized carbons (Fsp3) is 0.200. The Kier molecular flexibility index (Phi) is 4.59. The van der Waals surface area contributed by atoms with Gasteiger partial charge in [-0.1, -0.05) is 12.1 Å². The maximum Gasteiger partial charge on any atom is 0.339 e. The molecule has 6 nitrogen and oxygen atoms in total. The molecule has 1 aromatic carbocycles. The average molecular weight is 282 g/mol. The van der Waals surface area contributed by atoms with E-state index in [4.69, 9.17) is 10.4 Å². The summed E-state index contributed by atoms with van der Waals surface area (Å²) in [4.78, 5) is 20.8. The molecule has 6 heteroatoms. The molecule has 0 fully saturated rings. The molecule has 0 saturated heterocycles. The number of rotatable bonds is 5. The number of hydrogen-bond donors (Lipinski definition) is 1. The SMILES string of the molecule is CN(Cc1cccc(C#N)c1)Cc1ncncc1C(=O)O. The van der Waals surface area contributed by atoms with Gasteiger partial charge in [0, 0.05) is 19.3 Å². The molecule has 2 aromatic rings. The number of benzene rings is 1. The minimum Gasteiger partial charge on any atom is -0.478 e. The standard InChI is InChI=1S/C15H14N4O2/c1-19(8-12-4-2-3-11(5-12)6-16)9-14-13(15(20)21)7-17-10-18-14/h2-5,7,10H,8-9H2,1H3,(H,20,21). The van der Waals surface area contributed by atoms with E-state index in [1.165, 1.54) is 12.5 Å². The average Bonchev–Trinajstić information content (AvgIpc) is 2.47. The largest absolute Gasteiger partial charge is 0.478 e. The van der Waals surface area contributed by atoms with Gasteiger partial charge >= 0.3 is 5.97 Å². The molecular weight excluding hydrogens is 268 g/mol. The van der Waals surface area contributed by atoms with E-state index in [0.29, 0.717) is 24.3 Å². The zero-order chi connectivity index (χ0) is 15.2. The second-order valence-corrected chi connectivity index (χ2v) is 4.67. The molecule has 0 aliphatic heterocycles. The van der Waals surface area contributed by atoms with E-state index in [0.717, 1.165) is 5.56 Å². The summed E-state index contributed by atoms with van der Waals surface area (Å²) in [6.45, 7) is 0.986. The van der Waals surface area contributed by atoms with E-state index in [1.807, 2.05) is 30.1 Å². The molecule has 0 amide bonds. The van der Waals surface area contributed by atoms with Crippen LogP contribution >= 0.6 is 0 Å². The third-order valence-electron chi connectivity index (χ3n) is 2.95. The second kappa shape index (κ2) is 6.59. The summed E-state index contributed by atoms with van der Waals surface area (Å²) in [7, 11) is 1.87. The fourth-order valence-electron chi connectivity index (χ4n) is 2.02. The Morgan fingerprint density at radius 3 is 2.95 bits per heavy atom. The van der Waals surface area contributed by atoms with Crippen LogP contribution in [0, 0.1) is 11.3 Å². The number of aromatic nitrogens is 2. The molecule has 0 radical (unpaired) electrons. The van der Waals surface area contributed by atoms with E-state index < -0.39 is 5.97 Å². The first kappa shape index (κ1) is 14.6. The van der Waals surface area contributed by atoms with Gasteiger partial charge < -0.3 is 5.11 Å². The quantitative estimate of drug-likeness (QED) is 0.897. The Morgan fingerprint density at radius 1 is 1.43 bits per heavy atom. The first-order chi connectivity index (χ1) is 10.1. The van der Waals surface area contributed by atoms with Crippen molar-refractivity contribution in [2.24, 2.45) is 0 Å². The lowest BCUT2D eigenvalue weighted by molar-refractivity contribution is 0.0693. The lowest BCUT2D eigenvalue weighted by Crippen LogP contribution is -2.20. The van der Waals surface area contributed by atoms with Gasteiger partial charge in [-0.15, -0.1) is 0 Å². The summed E-state index contributed by atoms with van der Waals surface area (Å²) in [6.07, 6.45) is 2.64. The summed E-state index contributed by atoms with van der Waals surface area (Å²) < 4.78 is 0. The Hall–Kier alpha value is -2.78. The monoisotopic (exact) mass is 282 g/mol. The maximum atomic E-state index is 11.1. The third-order valence-corrected chi connectivity index (χ3v) is 2.95. The van der Waals surface area contributed by atoms with Gasteiger partial charge in [0.2, 0.25) is 0 Å². The zero-order valence-corrected chi connectivity index (χ0v) is 11.5. The number of aromatic carboxylic acids is 1. The number of carbonyl (C=O) groups is 1. The molecule has 0 spiro atoms. The summed E-state index contributed by atoms with van der Waals surface area (Å²) in [5, 5.41) is 18.0. The van der Waals surface area contributed by atoms with Crippen LogP contribution in [0.1, 0.15) is 27.2 Å². The van der Waals surface area contributed by atoms with E-state index >= 15 is 0 Å². The molecule has 0 aliphatic carbocycles. The van der Waals surface area contributed by atoms with E-state index in [9.17, 15) is 4.79 Å². The zero-order valence-electron chi connectivity index (χ0n) is 11.5. The van der Waals surface area contributed by atoms with Crippen LogP contribution in [-0.2, 0) is 13.1 Å². The first-order valence-corrected chi connectivity index (χ1v) is 6.30. The van der Waals surface area contributed by atoms with Gasteiger partial charge in [0.05, 0.1) is 17.3 Å². The van der Waals surface area contributed by atoms with Gasteiger partial charge in [-0.2, -0.15) is 5.26 Å². The van der Waals surface area contributed by atoms with Crippen molar-refractivity contribution in [3.05, 3.63) is 59.2 Å². The molecule has 1 N–H and O–H groups in total. The molecule has 21 heavy (non-hydrogen) atoms. The minimum absolute atomic E-state index is 0.107. The Bertz CT molecular complexity index is 694. The number of carboxylic acid groups (broad SMARTS) is 1. The van der Waals surface area contributed by atoms with E-state index in [-0.39, 0.29) is 5.56 Å². The smallest absolute Gasteiger partial charge is 0.339 e. The van der Waals surface area contributed by atoms with Crippen LogP contribution in [0.25, 0.3) is 0 Å². The summed E-state index contributed by atoms with van der Waals surface area (Å²) in [5.74, 6) is -1.04. The van der Waals surface area contributed by atoms with Crippen LogP contribution in [0.15, 0.2) is 36.8 Å². The van der Waals surface area contributed by atoms with Gasteiger partial charge in [-0.25, -0.2) is 14.8 Å². The van der Waals surface area contributed by atoms with Gasteiger partial charge in [-0.3, -0.25) is 4.90 Å². The van der Waals surface area contributed by atoms with Gasteiger partial charge in [-0.05, 0) is 24.7 Å². The Balaban J connectivity index is 2.10. The highest BCUT2D eigenvalue weighted by atomic mass is 16.4. The van der Waals surface area contributed by atoms with Crippen LogP contribution in [-0.4, -0.2) is 33.0 Å². The minimum atomic E-state index is -1.04. The van der Waals surface area contributed by atoms with Gasteiger partial charge in [0.1, 0.15) is 11.9 Å². The second-order valence-electron chi connectivity index (χ2n) is 4.67. The molecule has 0 atom stereocenters. The molecule has 0 aliphatic rings. The van der Waals surface area contributed by atoms with Crippen molar-refractivity contribution in [3.63, 3.8) is 0 Å². The predicted molar refractivity (Wildman–Crippen MR) is 75.3 cm³/mol. The molecule has 1 heterocycles. The molecule has 106 valence electrons. The van der Waals surface area contributed by atoms with Crippen LogP contribution in [0.5, 0.6) is 0 Å². The summed E-state index contributed by atoms with van der Waals surface area (Å²) in [5.41, 5.74) is 2.17. The predicted octanol–water partition coefficient (Wildman–Crippen LogP) is 1.68. The van der Waals surface area contributed by atoms with Gasteiger partial charge in [0.25, 0.3) is 0 Å². The number of nitriles is 1.